The van der Waals surface area contributed by atoms with E-state index in [1.54, 1.807) is 12.3 Å². The Morgan fingerprint density at radius 1 is 1.04 bits per heavy atom. The van der Waals surface area contributed by atoms with Crippen molar-refractivity contribution in [3.05, 3.63) is 48.7 Å². The number of hydrogen-bond donors (Lipinski definition) is 1. The van der Waals surface area contributed by atoms with Gasteiger partial charge in [0.25, 0.3) is 0 Å². The summed E-state index contributed by atoms with van der Waals surface area (Å²) in [4.78, 5) is 44.1. The summed E-state index contributed by atoms with van der Waals surface area (Å²) in [7, 11) is 0. The maximum Gasteiger partial charge on any atom is 0.244 e. The van der Waals surface area contributed by atoms with Crippen LogP contribution in [0.2, 0.25) is 0 Å². The monoisotopic (exact) mass is 373 g/mol. The number of anilines is 1. The van der Waals surface area contributed by atoms with Crippen molar-refractivity contribution in [2.24, 2.45) is 35.5 Å². The number of allylic oxidation sites excluding steroid dienone is 2. The molecule has 1 N–H and O–H groups in total. The molecular formula is C22H19N3O3. The third-order valence-electron chi connectivity index (χ3n) is 6.98. The van der Waals surface area contributed by atoms with Gasteiger partial charge in [-0.2, -0.15) is 0 Å². The minimum Gasteiger partial charge on any atom is -0.324 e. The minimum atomic E-state index is -0.359. The molecule has 6 nitrogen and oxygen atoms in total. The van der Waals surface area contributed by atoms with Crippen molar-refractivity contribution in [1.82, 2.24) is 9.88 Å². The first-order valence-electron chi connectivity index (χ1n) is 9.80. The van der Waals surface area contributed by atoms with E-state index < -0.39 is 0 Å². The van der Waals surface area contributed by atoms with Gasteiger partial charge >= 0.3 is 0 Å². The highest BCUT2D eigenvalue weighted by Gasteiger charge is 2.67. The average Bonchev–Trinajstić information content (AvgIpc) is 3.49. The summed E-state index contributed by atoms with van der Waals surface area (Å²) in [6.07, 6.45) is 7.10. The van der Waals surface area contributed by atoms with Gasteiger partial charge in [0.2, 0.25) is 17.7 Å². The lowest BCUT2D eigenvalue weighted by molar-refractivity contribution is -0.142. The Morgan fingerprint density at radius 2 is 1.75 bits per heavy atom. The number of nitrogens with one attached hydrogen (secondary N) is 1. The fourth-order valence-electron chi connectivity index (χ4n) is 5.72. The van der Waals surface area contributed by atoms with Crippen molar-refractivity contribution in [3.8, 4) is 0 Å². The molecule has 1 aromatic carbocycles. The average molecular weight is 373 g/mol. The van der Waals surface area contributed by atoms with E-state index in [0.29, 0.717) is 17.5 Å². The number of rotatable bonds is 3. The van der Waals surface area contributed by atoms with Crippen LogP contribution in [-0.2, 0) is 14.4 Å². The molecule has 2 saturated carbocycles. The molecule has 3 fully saturated rings. The topological polar surface area (TPSA) is 79.4 Å². The van der Waals surface area contributed by atoms with Crippen LogP contribution in [0.3, 0.4) is 0 Å². The Kier molecular flexibility index (Phi) is 3.14. The molecule has 1 saturated heterocycles. The van der Waals surface area contributed by atoms with E-state index in [9.17, 15) is 14.4 Å². The van der Waals surface area contributed by atoms with Gasteiger partial charge in [-0.3, -0.25) is 24.3 Å². The Balaban J connectivity index is 1.23. The highest BCUT2D eigenvalue weighted by atomic mass is 16.2. The largest absolute Gasteiger partial charge is 0.324 e. The van der Waals surface area contributed by atoms with Crippen LogP contribution in [0.25, 0.3) is 10.9 Å². The van der Waals surface area contributed by atoms with Crippen LogP contribution in [0.15, 0.2) is 48.7 Å². The molecule has 140 valence electrons. The molecular weight excluding hydrogens is 354 g/mol. The zero-order chi connectivity index (χ0) is 19.0. The first-order valence-corrected chi connectivity index (χ1v) is 9.80. The van der Waals surface area contributed by atoms with Crippen LogP contribution in [0, 0.1) is 35.5 Å². The molecule has 1 aliphatic heterocycles. The van der Waals surface area contributed by atoms with Gasteiger partial charge in [0.1, 0.15) is 6.54 Å². The fraction of sp³-hybridized carbons (Fsp3) is 0.364. The van der Waals surface area contributed by atoms with Gasteiger partial charge in [-0.25, -0.2) is 0 Å². The molecule has 0 radical (unpaired) electrons. The zero-order valence-electron chi connectivity index (χ0n) is 15.1. The van der Waals surface area contributed by atoms with Crippen LogP contribution in [0.1, 0.15) is 6.42 Å². The standard InChI is InChI=1S/C22H19N3O3/c26-18(24-17-5-1-4-16-13(17)3-2-8-23-16)10-25-21(27)19-11-6-7-12(15-9-14(11)15)20(19)22(25)28/h1-8,11-12,14-15,19-20H,9-10H2,(H,24,26)/t11-,12+,14-,15-,19+,20-/m1/s1. The summed E-state index contributed by atoms with van der Waals surface area (Å²) in [5, 5.41) is 3.68. The number of aromatic nitrogens is 1. The molecule has 6 atom stereocenters. The predicted octanol–water partition coefficient (Wildman–Crippen LogP) is 2.23. The number of amides is 3. The highest BCUT2D eigenvalue weighted by Crippen LogP contribution is 2.65. The van der Waals surface area contributed by atoms with E-state index in [0.717, 1.165) is 17.3 Å². The van der Waals surface area contributed by atoms with Gasteiger partial charge in [0.05, 0.1) is 23.0 Å². The summed E-state index contributed by atoms with van der Waals surface area (Å²) in [6, 6.07) is 9.18. The molecule has 0 spiro atoms. The van der Waals surface area contributed by atoms with E-state index in [2.05, 4.69) is 22.5 Å². The molecule has 2 bridgehead atoms. The molecule has 7 rings (SSSR count). The van der Waals surface area contributed by atoms with Gasteiger partial charge in [0, 0.05) is 11.6 Å². The van der Waals surface area contributed by atoms with Gasteiger partial charge in [-0.15, -0.1) is 0 Å². The number of carbonyl (C=O) groups is 3. The number of likely N-dealkylation sites (tertiary alicyclic amines) is 1. The molecule has 4 aliphatic carbocycles. The minimum absolute atomic E-state index is 0.172. The van der Waals surface area contributed by atoms with Crippen molar-refractivity contribution < 1.29 is 14.4 Å². The summed E-state index contributed by atoms with van der Waals surface area (Å²) in [5.74, 6) is 0.241. The summed E-state index contributed by atoms with van der Waals surface area (Å²) >= 11 is 0. The summed E-state index contributed by atoms with van der Waals surface area (Å²) in [6.45, 7) is -0.226. The van der Waals surface area contributed by atoms with Gasteiger partial charge in [-0.1, -0.05) is 18.2 Å². The first kappa shape index (κ1) is 16.0. The Labute approximate surface area is 161 Å². The maximum absolute atomic E-state index is 13.0. The van der Waals surface area contributed by atoms with Crippen molar-refractivity contribution in [2.45, 2.75) is 6.42 Å². The second kappa shape index (κ2) is 5.50. The number of carbonyl (C=O) groups excluding carboxylic acids is 3. The lowest BCUT2D eigenvalue weighted by Gasteiger charge is -2.37. The number of benzene rings is 1. The predicted molar refractivity (Wildman–Crippen MR) is 102 cm³/mol. The molecule has 0 unspecified atom stereocenters. The van der Waals surface area contributed by atoms with E-state index >= 15 is 0 Å². The van der Waals surface area contributed by atoms with Gasteiger partial charge < -0.3 is 5.32 Å². The van der Waals surface area contributed by atoms with E-state index in [1.165, 1.54) is 4.90 Å². The number of nitrogens with zero attached hydrogens (tertiary/aromatic N) is 2. The Morgan fingerprint density at radius 3 is 2.46 bits per heavy atom. The van der Waals surface area contributed by atoms with Crippen LogP contribution in [-0.4, -0.2) is 34.2 Å². The quantitative estimate of drug-likeness (QED) is 0.661. The van der Waals surface area contributed by atoms with Crippen LogP contribution < -0.4 is 5.32 Å². The Bertz CT molecular complexity index is 1040. The molecule has 2 heterocycles. The number of imide groups is 1. The third kappa shape index (κ3) is 2.08. The van der Waals surface area contributed by atoms with Crippen LogP contribution >= 0.6 is 0 Å². The van der Waals surface area contributed by atoms with E-state index in [1.807, 2.05) is 24.3 Å². The first-order chi connectivity index (χ1) is 13.6. The van der Waals surface area contributed by atoms with Crippen LogP contribution in [0.4, 0.5) is 5.69 Å². The molecule has 28 heavy (non-hydrogen) atoms. The van der Waals surface area contributed by atoms with E-state index in [-0.39, 0.29) is 47.9 Å². The molecule has 3 amide bonds. The van der Waals surface area contributed by atoms with Crippen molar-refractivity contribution in [1.29, 1.82) is 0 Å². The van der Waals surface area contributed by atoms with Crippen molar-refractivity contribution in [2.75, 3.05) is 11.9 Å². The normalized spacial score (nSPS) is 34.5. The zero-order valence-corrected chi connectivity index (χ0v) is 15.1. The van der Waals surface area contributed by atoms with Crippen LogP contribution in [0.5, 0.6) is 0 Å². The molecule has 2 aromatic rings. The van der Waals surface area contributed by atoms with Crippen molar-refractivity contribution in [3.63, 3.8) is 0 Å². The number of fused-ring (bicyclic) bond motifs is 1. The summed E-state index contributed by atoms with van der Waals surface area (Å²) < 4.78 is 0. The summed E-state index contributed by atoms with van der Waals surface area (Å²) in [5.41, 5.74) is 1.41. The smallest absolute Gasteiger partial charge is 0.244 e. The fourth-order valence-corrected chi connectivity index (χ4v) is 5.72. The lowest BCUT2D eigenvalue weighted by atomic mass is 9.63. The lowest BCUT2D eigenvalue weighted by Crippen LogP contribution is -2.40. The third-order valence-corrected chi connectivity index (χ3v) is 6.98. The number of pyridine rings is 1. The van der Waals surface area contributed by atoms with Gasteiger partial charge in [0.15, 0.2) is 0 Å². The molecule has 5 aliphatic rings. The maximum atomic E-state index is 13.0. The second-order valence-corrected chi connectivity index (χ2v) is 8.34. The van der Waals surface area contributed by atoms with E-state index in [4.69, 9.17) is 0 Å². The molecule has 6 heteroatoms. The molecule has 1 aromatic heterocycles. The second-order valence-electron chi connectivity index (χ2n) is 8.34. The Hall–Kier alpha value is -3.02. The number of hydrogen-bond acceptors (Lipinski definition) is 4. The SMILES string of the molecule is O=C(CN1C(=O)[C@@H]2[C@H]3C=C[C@H]([C@H]4C[C@H]34)[C@@H]2C1=O)Nc1cccc2ncccc12. The van der Waals surface area contributed by atoms with Crippen molar-refractivity contribution >= 4 is 34.3 Å². The highest BCUT2D eigenvalue weighted by molar-refractivity contribution is 6.10. The van der Waals surface area contributed by atoms with Gasteiger partial charge in [-0.05, 0) is 54.4 Å².